The third kappa shape index (κ3) is 4.33. The topological polar surface area (TPSA) is 83.6 Å². The Hall–Kier alpha value is -2.97. The SMILES string of the molecule is CCOC(=O)c1cnc(N2CCOC3(CCN(Cc4cc5ccccc5[nH]4)CC3)C2)nc1. The number of fused-ring (bicyclic) bond motifs is 1. The lowest BCUT2D eigenvalue weighted by Crippen LogP contribution is -2.57. The fourth-order valence-corrected chi connectivity index (χ4v) is 4.70. The second kappa shape index (κ2) is 8.88. The average molecular weight is 436 g/mol. The Morgan fingerprint density at radius 2 is 1.97 bits per heavy atom. The lowest BCUT2D eigenvalue weighted by molar-refractivity contribution is -0.0925. The number of hydrogen-bond acceptors (Lipinski definition) is 7. The summed E-state index contributed by atoms with van der Waals surface area (Å²) in [5, 5.41) is 1.26. The molecule has 8 heteroatoms. The van der Waals surface area contributed by atoms with Crippen molar-refractivity contribution in [2.24, 2.45) is 0 Å². The maximum absolute atomic E-state index is 11.8. The molecule has 0 amide bonds. The molecule has 1 N–H and O–H groups in total. The molecule has 8 nitrogen and oxygen atoms in total. The number of likely N-dealkylation sites (tertiary alicyclic amines) is 1. The average Bonchev–Trinajstić information content (AvgIpc) is 3.23. The van der Waals surface area contributed by atoms with Gasteiger partial charge >= 0.3 is 5.97 Å². The molecule has 3 aromatic rings. The number of morpholine rings is 1. The summed E-state index contributed by atoms with van der Waals surface area (Å²) in [5.74, 6) is 0.251. The number of nitrogens with zero attached hydrogens (tertiary/aromatic N) is 4. The second-order valence-corrected chi connectivity index (χ2v) is 8.60. The zero-order valence-electron chi connectivity index (χ0n) is 18.4. The van der Waals surface area contributed by atoms with Crippen LogP contribution in [0.1, 0.15) is 35.8 Å². The van der Waals surface area contributed by atoms with Crippen LogP contribution in [0.4, 0.5) is 5.95 Å². The van der Waals surface area contributed by atoms with E-state index in [2.05, 4.69) is 55.1 Å². The number of carbonyl (C=O) groups is 1. The number of nitrogens with one attached hydrogen (secondary N) is 1. The standard InChI is InChI=1S/C24H29N5O3/c1-2-31-22(30)19-14-25-23(26-15-19)29-11-12-32-24(17-29)7-9-28(10-8-24)16-20-13-18-5-3-4-6-21(18)27-20/h3-6,13-15,27H,2,7-12,16-17H2,1H3. The number of ether oxygens (including phenoxy) is 2. The molecule has 0 aliphatic carbocycles. The summed E-state index contributed by atoms with van der Waals surface area (Å²) >= 11 is 0. The molecule has 0 atom stereocenters. The lowest BCUT2D eigenvalue weighted by atomic mass is 9.89. The van der Waals surface area contributed by atoms with E-state index >= 15 is 0 Å². The number of H-pyrrole nitrogens is 1. The van der Waals surface area contributed by atoms with E-state index in [4.69, 9.17) is 9.47 Å². The summed E-state index contributed by atoms with van der Waals surface area (Å²) in [4.78, 5) is 28.9. The summed E-state index contributed by atoms with van der Waals surface area (Å²) in [6, 6.07) is 10.6. The van der Waals surface area contributed by atoms with Gasteiger partial charge in [0.05, 0.1) is 30.9 Å². The Balaban J connectivity index is 1.19. The van der Waals surface area contributed by atoms with Gasteiger partial charge in [-0.25, -0.2) is 14.8 Å². The number of benzene rings is 1. The Morgan fingerprint density at radius 1 is 1.19 bits per heavy atom. The molecular formula is C24H29N5O3. The van der Waals surface area contributed by atoms with E-state index in [0.717, 1.165) is 45.6 Å². The van der Waals surface area contributed by atoms with Crippen molar-refractivity contribution in [2.75, 3.05) is 44.3 Å². The minimum Gasteiger partial charge on any atom is -0.462 e. The van der Waals surface area contributed by atoms with Gasteiger partial charge in [-0.3, -0.25) is 4.90 Å². The van der Waals surface area contributed by atoms with Crippen molar-refractivity contribution in [3.63, 3.8) is 0 Å². The first-order valence-corrected chi connectivity index (χ1v) is 11.3. The molecule has 2 aromatic heterocycles. The third-order valence-corrected chi connectivity index (χ3v) is 6.43. The van der Waals surface area contributed by atoms with Gasteiger partial charge in [0, 0.05) is 49.8 Å². The number of aromatic amines is 1. The summed E-state index contributed by atoms with van der Waals surface area (Å²) in [7, 11) is 0. The normalized spacial score (nSPS) is 18.8. The lowest BCUT2D eigenvalue weighted by Gasteiger charge is -2.47. The van der Waals surface area contributed by atoms with E-state index in [1.807, 2.05) is 0 Å². The molecule has 32 heavy (non-hydrogen) atoms. The van der Waals surface area contributed by atoms with Gasteiger partial charge in [0.1, 0.15) is 0 Å². The summed E-state index contributed by atoms with van der Waals surface area (Å²) in [5.41, 5.74) is 2.65. The molecule has 2 fully saturated rings. The minimum absolute atomic E-state index is 0.168. The van der Waals surface area contributed by atoms with Gasteiger partial charge < -0.3 is 19.4 Å². The van der Waals surface area contributed by atoms with Gasteiger partial charge in [-0.1, -0.05) is 18.2 Å². The van der Waals surface area contributed by atoms with E-state index in [9.17, 15) is 4.79 Å². The van der Waals surface area contributed by atoms with E-state index < -0.39 is 0 Å². The van der Waals surface area contributed by atoms with Crippen LogP contribution >= 0.6 is 0 Å². The van der Waals surface area contributed by atoms with Crippen LogP contribution in [-0.2, 0) is 16.0 Å². The van der Waals surface area contributed by atoms with Crippen LogP contribution in [0.5, 0.6) is 0 Å². The van der Waals surface area contributed by atoms with Crippen molar-refractivity contribution >= 4 is 22.8 Å². The van der Waals surface area contributed by atoms with Gasteiger partial charge in [0.15, 0.2) is 0 Å². The van der Waals surface area contributed by atoms with Gasteiger partial charge in [0.25, 0.3) is 0 Å². The summed E-state index contributed by atoms with van der Waals surface area (Å²) in [6.07, 6.45) is 5.05. The number of para-hydroxylation sites is 1. The zero-order valence-corrected chi connectivity index (χ0v) is 18.4. The molecule has 2 aliphatic rings. The van der Waals surface area contributed by atoms with Gasteiger partial charge in [-0.05, 0) is 37.3 Å². The Morgan fingerprint density at radius 3 is 2.72 bits per heavy atom. The van der Waals surface area contributed by atoms with Crippen molar-refractivity contribution in [1.29, 1.82) is 0 Å². The van der Waals surface area contributed by atoms with E-state index in [1.165, 1.54) is 16.6 Å². The van der Waals surface area contributed by atoms with Crippen LogP contribution in [0, 0.1) is 0 Å². The number of hydrogen-bond donors (Lipinski definition) is 1. The van der Waals surface area contributed by atoms with Crippen molar-refractivity contribution in [1.82, 2.24) is 19.9 Å². The first kappa shape index (κ1) is 20.9. The van der Waals surface area contributed by atoms with E-state index in [-0.39, 0.29) is 11.6 Å². The van der Waals surface area contributed by atoms with Crippen molar-refractivity contribution < 1.29 is 14.3 Å². The van der Waals surface area contributed by atoms with Crippen LogP contribution in [0.3, 0.4) is 0 Å². The molecule has 0 radical (unpaired) electrons. The highest BCUT2D eigenvalue weighted by Gasteiger charge is 2.40. The molecule has 0 bridgehead atoms. The van der Waals surface area contributed by atoms with Crippen LogP contribution in [-0.4, -0.2) is 70.8 Å². The number of rotatable bonds is 5. The molecule has 2 aliphatic heterocycles. The first-order chi connectivity index (χ1) is 15.6. The van der Waals surface area contributed by atoms with Gasteiger partial charge in [0.2, 0.25) is 5.95 Å². The largest absolute Gasteiger partial charge is 0.462 e. The van der Waals surface area contributed by atoms with E-state index in [0.29, 0.717) is 24.7 Å². The minimum atomic E-state index is -0.389. The highest BCUT2D eigenvalue weighted by molar-refractivity contribution is 5.88. The quantitative estimate of drug-likeness (QED) is 0.617. The predicted molar refractivity (Wildman–Crippen MR) is 122 cm³/mol. The molecule has 4 heterocycles. The van der Waals surface area contributed by atoms with Crippen molar-refractivity contribution in [3.8, 4) is 0 Å². The van der Waals surface area contributed by atoms with Crippen LogP contribution in [0.2, 0.25) is 0 Å². The molecule has 1 aromatic carbocycles. The number of anilines is 1. The Bertz CT molecular complexity index is 1040. The number of carbonyl (C=O) groups excluding carboxylic acids is 1. The molecule has 2 saturated heterocycles. The molecule has 0 unspecified atom stereocenters. The highest BCUT2D eigenvalue weighted by atomic mass is 16.5. The Labute approximate surface area is 187 Å². The fraction of sp³-hybridized carbons (Fsp3) is 0.458. The molecule has 1 spiro atoms. The molecule has 5 rings (SSSR count). The molecule has 168 valence electrons. The van der Waals surface area contributed by atoms with Gasteiger partial charge in [-0.15, -0.1) is 0 Å². The third-order valence-electron chi connectivity index (χ3n) is 6.43. The van der Waals surface area contributed by atoms with Crippen LogP contribution in [0.15, 0.2) is 42.7 Å². The highest BCUT2D eigenvalue weighted by Crippen LogP contribution is 2.32. The van der Waals surface area contributed by atoms with Crippen LogP contribution < -0.4 is 4.90 Å². The zero-order chi connectivity index (χ0) is 22.0. The van der Waals surface area contributed by atoms with Crippen LogP contribution in [0.25, 0.3) is 10.9 Å². The number of aromatic nitrogens is 3. The maximum atomic E-state index is 11.8. The smallest absolute Gasteiger partial charge is 0.341 e. The van der Waals surface area contributed by atoms with Gasteiger partial charge in [-0.2, -0.15) is 0 Å². The summed E-state index contributed by atoms with van der Waals surface area (Å²) < 4.78 is 11.3. The maximum Gasteiger partial charge on any atom is 0.341 e. The fourth-order valence-electron chi connectivity index (χ4n) is 4.70. The number of piperidine rings is 1. The molecular weight excluding hydrogens is 406 g/mol. The second-order valence-electron chi connectivity index (χ2n) is 8.60. The summed E-state index contributed by atoms with van der Waals surface area (Å²) in [6.45, 7) is 7.20. The monoisotopic (exact) mass is 435 g/mol. The van der Waals surface area contributed by atoms with E-state index in [1.54, 1.807) is 19.3 Å². The van der Waals surface area contributed by atoms with Crippen molar-refractivity contribution in [3.05, 3.63) is 54.0 Å². The predicted octanol–water partition coefficient (Wildman–Crippen LogP) is 3.01. The molecule has 0 saturated carbocycles. The Kier molecular flexibility index (Phi) is 5.80. The van der Waals surface area contributed by atoms with Crippen molar-refractivity contribution in [2.45, 2.75) is 31.9 Å². The first-order valence-electron chi connectivity index (χ1n) is 11.3. The number of esters is 1.